The highest BCUT2D eigenvalue weighted by atomic mass is 19.1. The van der Waals surface area contributed by atoms with Gasteiger partial charge in [-0.1, -0.05) is 17.7 Å². The van der Waals surface area contributed by atoms with Gasteiger partial charge in [0.05, 0.1) is 11.2 Å². The third kappa shape index (κ3) is 1.43. The lowest BCUT2D eigenvalue weighted by molar-refractivity contribution is 0.234. The first-order chi connectivity index (χ1) is 9.65. The molecule has 2 heterocycles. The van der Waals surface area contributed by atoms with Crippen LogP contribution in [0.3, 0.4) is 0 Å². The van der Waals surface area contributed by atoms with Crippen molar-refractivity contribution in [3.05, 3.63) is 53.3 Å². The van der Waals surface area contributed by atoms with Crippen LogP contribution in [-0.4, -0.2) is 4.57 Å². The van der Waals surface area contributed by atoms with Crippen molar-refractivity contribution >= 4 is 10.9 Å². The van der Waals surface area contributed by atoms with Gasteiger partial charge in [-0.05, 0) is 43.7 Å². The van der Waals surface area contributed by atoms with Crippen LogP contribution in [0.4, 0.5) is 4.39 Å². The average molecular weight is 267 g/mol. The maximum atomic E-state index is 14.8. The zero-order valence-corrected chi connectivity index (χ0v) is 11.4. The second-order valence-electron chi connectivity index (χ2n) is 5.38. The number of aryl methyl sites for hydroxylation is 2. The molecule has 1 aromatic heterocycles. The van der Waals surface area contributed by atoms with Crippen LogP contribution in [0.2, 0.25) is 0 Å². The summed E-state index contributed by atoms with van der Waals surface area (Å²) >= 11 is 0. The monoisotopic (exact) mass is 267 g/mol. The Kier molecular flexibility index (Phi) is 2.22. The highest BCUT2D eigenvalue weighted by Gasteiger charge is 2.25. The molecule has 0 bridgehead atoms. The lowest BCUT2D eigenvalue weighted by Crippen LogP contribution is -2.12. The Balaban J connectivity index is 2.10. The Bertz CT molecular complexity index is 848. The van der Waals surface area contributed by atoms with Crippen LogP contribution in [0.15, 0.2) is 36.4 Å². The fourth-order valence-electron chi connectivity index (χ4n) is 2.90. The first kappa shape index (κ1) is 11.5. The predicted molar refractivity (Wildman–Crippen MR) is 77.4 cm³/mol. The standard InChI is InChI=1S/C17H14FNO/c1-10-4-6-14-13(7-10)16(18)17-12-5-3-11(2)8-15(12)20-9-19(14)17/h3-8H,9H2,1-2H3. The number of rotatable bonds is 0. The van der Waals surface area contributed by atoms with Gasteiger partial charge < -0.3 is 9.30 Å². The van der Waals surface area contributed by atoms with Crippen LogP contribution < -0.4 is 4.74 Å². The second kappa shape index (κ2) is 3.85. The smallest absolute Gasteiger partial charge is 0.165 e. The molecule has 0 fully saturated rings. The van der Waals surface area contributed by atoms with Crippen LogP contribution in [0.25, 0.3) is 22.2 Å². The molecule has 0 spiro atoms. The van der Waals surface area contributed by atoms with E-state index in [-0.39, 0.29) is 5.82 Å². The van der Waals surface area contributed by atoms with Gasteiger partial charge in [-0.3, -0.25) is 0 Å². The van der Waals surface area contributed by atoms with Gasteiger partial charge in [-0.2, -0.15) is 0 Å². The molecule has 0 unspecified atom stereocenters. The lowest BCUT2D eigenvalue weighted by Gasteiger charge is -2.21. The number of ether oxygens (including phenoxy) is 1. The van der Waals surface area contributed by atoms with E-state index >= 15 is 0 Å². The zero-order chi connectivity index (χ0) is 13.9. The van der Waals surface area contributed by atoms with E-state index in [0.29, 0.717) is 17.8 Å². The number of hydrogen-bond donors (Lipinski definition) is 0. The number of nitrogens with zero attached hydrogens (tertiary/aromatic N) is 1. The summed E-state index contributed by atoms with van der Waals surface area (Å²) < 4.78 is 22.5. The molecule has 4 rings (SSSR count). The van der Waals surface area contributed by atoms with E-state index in [1.54, 1.807) is 0 Å². The molecule has 0 N–H and O–H groups in total. The van der Waals surface area contributed by atoms with E-state index in [4.69, 9.17) is 4.74 Å². The van der Waals surface area contributed by atoms with Gasteiger partial charge in [0.1, 0.15) is 5.75 Å². The van der Waals surface area contributed by atoms with Crippen LogP contribution in [0.5, 0.6) is 5.75 Å². The fraction of sp³-hybridized carbons (Fsp3) is 0.176. The molecule has 0 saturated heterocycles. The molecule has 20 heavy (non-hydrogen) atoms. The summed E-state index contributed by atoms with van der Waals surface area (Å²) in [7, 11) is 0. The fourth-order valence-corrected chi connectivity index (χ4v) is 2.90. The van der Waals surface area contributed by atoms with Gasteiger partial charge in [0, 0.05) is 10.9 Å². The van der Waals surface area contributed by atoms with E-state index < -0.39 is 0 Å². The summed E-state index contributed by atoms with van der Waals surface area (Å²) in [5, 5.41) is 0.664. The molecule has 0 radical (unpaired) electrons. The molecule has 0 atom stereocenters. The zero-order valence-electron chi connectivity index (χ0n) is 11.4. The molecule has 1 aliphatic heterocycles. The van der Waals surface area contributed by atoms with E-state index in [9.17, 15) is 4.39 Å². The molecule has 3 heteroatoms. The highest BCUT2D eigenvalue weighted by molar-refractivity contribution is 5.90. The molecule has 100 valence electrons. The van der Waals surface area contributed by atoms with Crippen molar-refractivity contribution in [1.29, 1.82) is 0 Å². The van der Waals surface area contributed by atoms with Gasteiger partial charge in [-0.25, -0.2) is 4.39 Å². The van der Waals surface area contributed by atoms with Gasteiger partial charge >= 0.3 is 0 Å². The molecule has 0 amide bonds. The Labute approximate surface area is 116 Å². The van der Waals surface area contributed by atoms with E-state index in [1.165, 1.54) is 0 Å². The van der Waals surface area contributed by atoms with Gasteiger partial charge in [0.25, 0.3) is 0 Å². The number of fused-ring (bicyclic) bond motifs is 5. The summed E-state index contributed by atoms with van der Waals surface area (Å²) in [6.07, 6.45) is 0. The minimum Gasteiger partial charge on any atom is -0.472 e. The van der Waals surface area contributed by atoms with Gasteiger partial charge in [0.2, 0.25) is 0 Å². The van der Waals surface area contributed by atoms with Crippen molar-refractivity contribution in [2.45, 2.75) is 20.6 Å². The number of aromatic nitrogens is 1. The summed E-state index contributed by atoms with van der Waals surface area (Å²) in [4.78, 5) is 0. The van der Waals surface area contributed by atoms with Gasteiger partial charge in [0.15, 0.2) is 12.5 Å². The van der Waals surface area contributed by atoms with Crippen LogP contribution in [0.1, 0.15) is 11.1 Å². The summed E-state index contributed by atoms with van der Waals surface area (Å²) in [5.74, 6) is 0.605. The van der Waals surface area contributed by atoms with Crippen molar-refractivity contribution in [3.8, 4) is 17.0 Å². The number of halogens is 1. The van der Waals surface area contributed by atoms with Crippen molar-refractivity contribution in [2.75, 3.05) is 0 Å². The first-order valence-electron chi connectivity index (χ1n) is 6.67. The minimum absolute atomic E-state index is 0.155. The van der Waals surface area contributed by atoms with Crippen molar-refractivity contribution in [1.82, 2.24) is 4.57 Å². The largest absolute Gasteiger partial charge is 0.472 e. The minimum atomic E-state index is -0.155. The summed E-state index contributed by atoms with van der Waals surface area (Å²) in [6.45, 7) is 4.34. The maximum absolute atomic E-state index is 14.8. The third-order valence-electron chi connectivity index (χ3n) is 3.90. The predicted octanol–water partition coefficient (Wildman–Crippen LogP) is 4.41. The lowest BCUT2D eigenvalue weighted by atomic mass is 10.1. The van der Waals surface area contributed by atoms with Crippen molar-refractivity contribution in [2.24, 2.45) is 0 Å². The third-order valence-corrected chi connectivity index (χ3v) is 3.90. The van der Waals surface area contributed by atoms with Gasteiger partial charge in [-0.15, -0.1) is 0 Å². The van der Waals surface area contributed by atoms with E-state index in [0.717, 1.165) is 28.0 Å². The van der Waals surface area contributed by atoms with Crippen LogP contribution >= 0.6 is 0 Å². The molecular weight excluding hydrogens is 253 g/mol. The summed E-state index contributed by atoms with van der Waals surface area (Å²) in [6, 6.07) is 11.7. The molecular formula is C17H14FNO. The first-order valence-corrected chi connectivity index (χ1v) is 6.67. The highest BCUT2D eigenvalue weighted by Crippen LogP contribution is 2.41. The number of hydrogen-bond acceptors (Lipinski definition) is 1. The molecule has 2 nitrogen and oxygen atoms in total. The average Bonchev–Trinajstić information content (AvgIpc) is 2.72. The summed E-state index contributed by atoms with van der Waals surface area (Å²) in [5.41, 5.74) is 4.52. The normalized spacial score (nSPS) is 12.9. The van der Waals surface area contributed by atoms with Crippen molar-refractivity contribution in [3.63, 3.8) is 0 Å². The Morgan fingerprint density at radius 1 is 1.05 bits per heavy atom. The molecule has 0 aliphatic carbocycles. The van der Waals surface area contributed by atoms with Crippen LogP contribution in [-0.2, 0) is 6.73 Å². The molecule has 1 aliphatic rings. The Morgan fingerprint density at radius 2 is 1.80 bits per heavy atom. The van der Waals surface area contributed by atoms with E-state index in [1.807, 2.05) is 54.8 Å². The Morgan fingerprint density at radius 3 is 2.65 bits per heavy atom. The molecule has 2 aromatic carbocycles. The topological polar surface area (TPSA) is 14.2 Å². The molecule has 0 saturated carbocycles. The molecule has 3 aromatic rings. The maximum Gasteiger partial charge on any atom is 0.165 e. The van der Waals surface area contributed by atoms with E-state index in [2.05, 4.69) is 0 Å². The Hall–Kier alpha value is -2.29. The van der Waals surface area contributed by atoms with Crippen molar-refractivity contribution < 1.29 is 9.13 Å². The second-order valence-corrected chi connectivity index (χ2v) is 5.38. The quantitative estimate of drug-likeness (QED) is 0.588. The number of benzene rings is 2. The SMILES string of the molecule is Cc1ccc2c(c1)OCn1c-2c(F)c2cc(C)ccc21. The van der Waals surface area contributed by atoms with Crippen LogP contribution in [0, 0.1) is 19.7 Å².